The van der Waals surface area contributed by atoms with Gasteiger partial charge in [0.25, 0.3) is 6.47 Å². The number of ether oxygens (including phenoxy) is 5. The van der Waals surface area contributed by atoms with Crippen LogP contribution in [0.25, 0.3) is 43.8 Å². The number of aromatic nitrogens is 2. The molecule has 0 radical (unpaired) electrons. The number of pyridine rings is 2. The first-order chi connectivity index (χ1) is 57.0. The Morgan fingerprint density at radius 1 is 0.488 bits per heavy atom. The summed E-state index contributed by atoms with van der Waals surface area (Å²) in [6.45, 7) is 15.0. The van der Waals surface area contributed by atoms with E-state index in [1.807, 2.05) is 123 Å². The Labute approximate surface area is 825 Å². The molecule has 2 heterocycles. The minimum Gasteiger partial charge on any atom is -1.00 e. The number of alkyl halides is 3. The number of phenols is 1. The van der Waals surface area contributed by atoms with E-state index < -0.39 is 47.2 Å². The minimum atomic E-state index is -0.702. The molecule has 8 rings (SSSR count). The molecule has 0 aliphatic carbocycles. The minimum absolute atomic E-state index is 0. The molecule has 0 spiro atoms. The van der Waals surface area contributed by atoms with Crippen molar-refractivity contribution in [1.82, 2.24) is 20.6 Å². The fourth-order valence-corrected chi connectivity index (χ4v) is 14.0. The van der Waals surface area contributed by atoms with Gasteiger partial charge in [-0.15, -0.1) is 0 Å². The molecular weight excluding hydrogens is 1790 g/mol. The van der Waals surface area contributed by atoms with Gasteiger partial charge in [0.05, 0.1) is 46.8 Å². The fraction of sp³-hybridized carbons (Fsp3) is 0.452. The van der Waals surface area contributed by atoms with Crippen molar-refractivity contribution in [2.24, 2.45) is 0 Å². The van der Waals surface area contributed by atoms with Gasteiger partial charge in [-0.1, -0.05) is 208 Å². The number of rotatable bonds is 43. The molecule has 23 nitrogen and oxygen atoms in total. The van der Waals surface area contributed by atoms with E-state index >= 15 is 0 Å². The van der Waals surface area contributed by atoms with Crippen LogP contribution < -0.4 is 133 Å². The number of unbranched alkanes of at least 4 members (excludes halogenated alkanes) is 10. The van der Waals surface area contributed by atoms with E-state index in [0.29, 0.717) is 31.1 Å². The summed E-state index contributed by atoms with van der Waals surface area (Å²) in [4.78, 5) is 125. The number of esters is 2. The van der Waals surface area contributed by atoms with Crippen LogP contribution in [0.5, 0.6) is 11.5 Å². The van der Waals surface area contributed by atoms with E-state index in [2.05, 4.69) is 91.5 Å². The summed E-state index contributed by atoms with van der Waals surface area (Å²) in [6.07, 6.45) is 18.5. The zero-order chi connectivity index (χ0) is 87.1. The number of aryl methyl sites for hydroxylation is 2. The number of nitrogens with one attached hydrogen (secondary N) is 2. The van der Waals surface area contributed by atoms with E-state index in [9.17, 15) is 43.5 Å². The Bertz CT molecular complexity index is 4490. The normalized spacial score (nSPS) is 11.3. The smallest absolute Gasteiger partial charge is 1.00 e. The Balaban J connectivity index is 0.000000704. The average Bonchev–Trinajstić information content (AvgIpc) is 0.787. The first-order valence-electron chi connectivity index (χ1n) is 40.6. The quantitative estimate of drug-likeness (QED) is 0.00467. The molecule has 0 saturated carbocycles. The van der Waals surface area contributed by atoms with Crippen LogP contribution in [-0.4, -0.2) is 143 Å². The molecule has 8 aromatic rings. The number of fused-ring (bicyclic) bond motifs is 2. The van der Waals surface area contributed by atoms with Crippen molar-refractivity contribution in [2.75, 3.05) is 72.8 Å². The number of aromatic hydroxyl groups is 1. The number of benzene rings is 6. The topological polar surface area (TPSA) is 309 Å². The van der Waals surface area contributed by atoms with Crippen molar-refractivity contribution in [3.63, 3.8) is 0 Å². The largest absolute Gasteiger partial charge is 1.00 e. The SMILES string of the molecule is BrCCCCCCCCBr.COC(=O)C[C@H](CC(=O)CNC(=O)CCCN(C(=O)OC(C)(C)C)c1cc(C)ccn1)c1ccc(-c2ccc(O)c3ccccc23)cc1.COC(=O)C[C@H](CC(=O)CNC(=O)CCCN(C(=O)OC(C)(C)C)c1cc(C)ccn1)c1ccc(-c2ccc(OCCCCCCCCBr)c3ccccc23)cc1.O=CO[O-].[H-].[K+].[K+]. The Morgan fingerprint density at radius 3 is 1.22 bits per heavy atom. The van der Waals surface area contributed by atoms with Crippen LogP contribution >= 0.6 is 47.8 Å². The maximum absolute atomic E-state index is 13.2. The summed E-state index contributed by atoms with van der Waals surface area (Å²) in [5.74, 6) is -0.893. The third-order valence-electron chi connectivity index (χ3n) is 18.9. The van der Waals surface area contributed by atoms with Crippen LogP contribution in [-0.2, 0) is 57.4 Å². The number of Topliss-reactive ketones (excluding diaryl/α,β-unsaturated/α-hetero) is 2. The van der Waals surface area contributed by atoms with Gasteiger partial charge in [0.1, 0.15) is 34.3 Å². The molecule has 0 unspecified atom stereocenters. The van der Waals surface area contributed by atoms with Crippen molar-refractivity contribution in [1.29, 1.82) is 0 Å². The van der Waals surface area contributed by atoms with Crippen LogP contribution in [0, 0.1) is 13.8 Å². The van der Waals surface area contributed by atoms with E-state index in [1.54, 1.807) is 72.1 Å². The molecule has 121 heavy (non-hydrogen) atoms. The number of hydrogen-bond donors (Lipinski definition) is 3. The monoisotopic (exact) mass is 1910 g/mol. The van der Waals surface area contributed by atoms with E-state index in [4.69, 9.17) is 33.7 Å². The third kappa shape index (κ3) is 42.0. The second-order valence-corrected chi connectivity index (χ2v) is 33.2. The van der Waals surface area contributed by atoms with Gasteiger partial charge in [-0.3, -0.25) is 43.4 Å². The summed E-state index contributed by atoms with van der Waals surface area (Å²) >= 11 is 10.3. The zero-order valence-corrected chi connectivity index (χ0v) is 83.4. The van der Waals surface area contributed by atoms with Crippen molar-refractivity contribution >= 4 is 135 Å². The summed E-state index contributed by atoms with van der Waals surface area (Å²) in [5, 5.41) is 31.3. The molecular formula is C93H119Br3K2N6O17. The Hall–Kier alpha value is -6.36. The number of nitrogens with zero attached hydrogens (tertiary/aromatic N) is 4. The van der Waals surface area contributed by atoms with Crippen molar-refractivity contribution in [2.45, 2.75) is 207 Å². The molecule has 4 amide bonds. The maximum atomic E-state index is 13.2. The molecule has 0 fully saturated rings. The van der Waals surface area contributed by atoms with E-state index in [-0.39, 0.29) is 205 Å². The number of hydrogen-bond acceptors (Lipinski definition) is 19. The second kappa shape index (κ2) is 60.3. The van der Waals surface area contributed by atoms with Crippen LogP contribution in [0.15, 0.2) is 158 Å². The average molecular weight is 1910 g/mol. The van der Waals surface area contributed by atoms with Gasteiger partial charge in [-0.25, -0.2) is 19.6 Å². The molecule has 0 aliphatic heterocycles. The molecule has 6 aromatic carbocycles. The molecule has 0 saturated heterocycles. The number of methoxy groups -OCH3 is 2. The summed E-state index contributed by atoms with van der Waals surface area (Å²) in [6, 6.07) is 46.2. The molecule has 2 atom stereocenters. The van der Waals surface area contributed by atoms with Crippen LogP contribution in [0.1, 0.15) is 205 Å². The molecule has 0 aliphatic rings. The maximum Gasteiger partial charge on any atom is 1.00 e. The molecule has 0 bridgehead atoms. The summed E-state index contributed by atoms with van der Waals surface area (Å²) in [5.41, 5.74) is 6.01. The number of anilines is 2. The summed E-state index contributed by atoms with van der Waals surface area (Å²) in [7, 11) is 2.63. The van der Waals surface area contributed by atoms with Crippen molar-refractivity contribution in [3.8, 4) is 33.8 Å². The first kappa shape index (κ1) is 109. The number of carbonyl (C=O) groups excluding carboxylic acids is 9. The number of carbonyl (C=O) groups is 9. The zero-order valence-electron chi connectivity index (χ0n) is 73.4. The van der Waals surface area contributed by atoms with Gasteiger partial charge in [-0.2, -0.15) is 0 Å². The van der Waals surface area contributed by atoms with Gasteiger partial charge < -0.3 is 51.0 Å². The third-order valence-corrected chi connectivity index (χ3v) is 20.5. The van der Waals surface area contributed by atoms with Crippen LogP contribution in [0.2, 0.25) is 0 Å². The van der Waals surface area contributed by atoms with Gasteiger partial charge in [0.2, 0.25) is 11.8 Å². The number of halogens is 3. The fourth-order valence-electron chi connectivity index (χ4n) is 12.8. The predicted molar refractivity (Wildman–Crippen MR) is 479 cm³/mol. The van der Waals surface area contributed by atoms with Crippen LogP contribution in [0.4, 0.5) is 21.2 Å². The second-order valence-electron chi connectivity index (χ2n) is 30.8. The summed E-state index contributed by atoms with van der Waals surface area (Å²) < 4.78 is 27.2. The standard InChI is InChI=1S/C46H58BrN3O7.C38H43N3O7.C8H16Br2.CH2O3.2K.H/c1-33-24-26-48-42(29-33)50(45(54)57-46(2,3)4)27-14-17-43(52)49-32-37(51)30-36(31-44(53)55-5)34-18-20-35(21-19-34)38-22-23-41(40-16-11-10-15-39(38)40)56-28-13-9-7-6-8-12-25-47;1-25-18-19-39-34(21-25)41(37(46)48-38(2,3)4)20-8-11-35(44)40-24-29(42)22-28(23-36(45)47-5)26-12-14-27(15-13-26)30-16-17-33(43)32-10-7-6-9-31(30)32;9-7-5-3-1-2-4-6-8-10;2-1-4-3;;;/h10-11,15-16,18-24,26,29,36H,6-9,12-14,17,25,27-28,30-32H2,1-5H3,(H,49,52);6-7,9-10,12-19,21,28,43H,8,11,20,22-24H2,1-5H3,(H,40,44);1-8H2;1,3H;;;/q;;;;2*+1;-1/p-1/t36-;28-;;;;;/m00...../s1. The predicted octanol–water partition coefficient (Wildman–Crippen LogP) is 13.8. The van der Waals surface area contributed by atoms with Crippen LogP contribution in [0.3, 0.4) is 0 Å². The molecule has 3 N–H and O–H groups in total. The Morgan fingerprint density at radius 2 is 0.851 bits per heavy atom. The molecule has 646 valence electrons. The molecule has 2 aromatic heterocycles. The Kier molecular flexibility index (Phi) is 54.2. The van der Waals surface area contributed by atoms with Gasteiger partial charge in [0.15, 0.2) is 11.6 Å². The van der Waals surface area contributed by atoms with Gasteiger partial charge >= 0.3 is 127 Å². The first-order valence-corrected chi connectivity index (χ1v) is 43.9. The van der Waals surface area contributed by atoms with Gasteiger partial charge in [-0.05, 0) is 186 Å². The van der Waals surface area contributed by atoms with E-state index in [0.717, 1.165) is 90.0 Å². The van der Waals surface area contributed by atoms with Crippen molar-refractivity contribution < 1.29 is 186 Å². The number of amides is 4. The number of phenolic OH excluding ortho intramolecular Hbond substituents is 1. The van der Waals surface area contributed by atoms with E-state index in [1.165, 1.54) is 98.9 Å². The van der Waals surface area contributed by atoms with Crippen molar-refractivity contribution in [3.05, 3.63) is 180 Å². The molecule has 28 heteroatoms. The van der Waals surface area contributed by atoms with Gasteiger partial charge in [0, 0.05) is 89.8 Å². The number of ketones is 2.